The molecule has 6 aromatic rings. The number of aliphatic carboxylic acids is 1. The molecule has 0 unspecified atom stereocenters. The average Bonchev–Trinajstić information content (AvgIpc) is 3.38. The van der Waals surface area contributed by atoms with Crippen LogP contribution in [0.5, 0.6) is 17.2 Å². The fourth-order valence-electron chi connectivity index (χ4n) is 6.65. The Kier molecular flexibility index (Phi) is 27.3. The summed E-state index contributed by atoms with van der Waals surface area (Å²) < 4.78 is 26.1. The number of esters is 2. The first kappa shape index (κ1) is 58.9. The van der Waals surface area contributed by atoms with Crippen molar-refractivity contribution >= 4 is 98.0 Å². The van der Waals surface area contributed by atoms with Gasteiger partial charge in [-0.25, -0.2) is 0 Å². The number of unbranched alkanes of at least 4 members (excludes halogenated alkanes) is 3. The Balaban J connectivity index is 0.000000265. The third kappa shape index (κ3) is 20.1. The largest absolute Gasteiger partial charge is 0.497 e. The van der Waals surface area contributed by atoms with Crippen molar-refractivity contribution in [2.45, 2.75) is 77.0 Å². The Hall–Kier alpha value is -5.45. The zero-order valence-corrected chi connectivity index (χ0v) is 45.4. The van der Waals surface area contributed by atoms with E-state index in [0.717, 1.165) is 95.1 Å². The lowest BCUT2D eigenvalue weighted by molar-refractivity contribution is -0.757. The van der Waals surface area contributed by atoms with E-state index >= 15 is 0 Å². The first-order valence-corrected chi connectivity index (χ1v) is 26.3. The third-order valence-corrected chi connectivity index (χ3v) is 12.7. The number of ether oxygens (including phenoxy) is 5. The van der Waals surface area contributed by atoms with Gasteiger partial charge in [-0.2, -0.15) is 0 Å². The molecule has 0 bridgehead atoms. The van der Waals surface area contributed by atoms with E-state index in [4.69, 9.17) is 28.8 Å². The molecule has 0 aliphatic heterocycles. The molecule has 0 amide bonds. The van der Waals surface area contributed by atoms with Gasteiger partial charge in [0.15, 0.2) is 0 Å². The molecule has 0 fully saturated rings. The van der Waals surface area contributed by atoms with E-state index in [2.05, 4.69) is 52.6 Å². The summed E-state index contributed by atoms with van der Waals surface area (Å²) in [6, 6.07) is 35.0. The molecule has 1 N–H and O–H groups in total. The van der Waals surface area contributed by atoms with Gasteiger partial charge in [-0.3, -0.25) is 14.4 Å². The molecule has 378 valence electrons. The smallest absolute Gasteiger partial charge is 0.313 e. The van der Waals surface area contributed by atoms with Crippen LogP contribution in [0, 0.1) is 10.1 Å². The third-order valence-electron chi connectivity index (χ3n) is 11.1. The van der Waals surface area contributed by atoms with Crippen LogP contribution < -0.4 is 14.2 Å². The summed E-state index contributed by atoms with van der Waals surface area (Å²) in [6.07, 6.45) is 5.45. The van der Waals surface area contributed by atoms with Gasteiger partial charge in [-0.1, -0.05) is 121 Å². The van der Waals surface area contributed by atoms with Crippen molar-refractivity contribution in [2.24, 2.45) is 0 Å². The van der Waals surface area contributed by atoms with Gasteiger partial charge in [0.25, 0.3) is 5.09 Å². The summed E-state index contributed by atoms with van der Waals surface area (Å²) in [5, 5.41) is 27.7. The van der Waals surface area contributed by atoms with Crippen LogP contribution in [0.15, 0.2) is 109 Å². The molecule has 6 rings (SSSR count). The highest BCUT2D eigenvalue weighted by Crippen LogP contribution is 2.28. The van der Waals surface area contributed by atoms with Gasteiger partial charge in [-0.05, 0) is 145 Å². The summed E-state index contributed by atoms with van der Waals surface area (Å²) in [7, 11) is 4.91. The van der Waals surface area contributed by atoms with E-state index in [9.17, 15) is 24.5 Å². The van der Waals surface area contributed by atoms with Crippen molar-refractivity contribution < 1.29 is 53.1 Å². The lowest BCUT2D eigenvalue weighted by Gasteiger charge is -2.13. The molecule has 0 radical (unpaired) electrons. The quantitative estimate of drug-likeness (QED) is 0.0225. The number of nitrogens with zero attached hydrogens (tertiary/aromatic N) is 1. The molecular formula is C54H64Br3NO12. The van der Waals surface area contributed by atoms with Crippen LogP contribution in [-0.2, 0) is 28.7 Å². The number of halogens is 3. The van der Waals surface area contributed by atoms with Crippen LogP contribution in [-0.4, -0.2) is 85.2 Å². The topological polar surface area (TPSA) is 170 Å². The van der Waals surface area contributed by atoms with Gasteiger partial charge < -0.3 is 33.6 Å². The van der Waals surface area contributed by atoms with Crippen LogP contribution in [0.1, 0.15) is 93.7 Å². The lowest BCUT2D eigenvalue weighted by atomic mass is 9.98. The highest BCUT2D eigenvalue weighted by molar-refractivity contribution is 9.09. The van der Waals surface area contributed by atoms with Crippen LogP contribution in [0.25, 0.3) is 32.3 Å². The maximum Gasteiger partial charge on any atom is 0.313 e. The van der Waals surface area contributed by atoms with E-state index in [1.165, 1.54) is 12.8 Å². The number of carbonyl (C=O) groups excluding carboxylic acids is 2. The number of hydrogen-bond donors (Lipinski definition) is 1. The van der Waals surface area contributed by atoms with Crippen molar-refractivity contribution in [1.29, 1.82) is 0 Å². The second kappa shape index (κ2) is 32.4. The van der Waals surface area contributed by atoms with Crippen LogP contribution >= 0.6 is 47.8 Å². The number of fused-ring (bicyclic) bond motifs is 3. The lowest BCUT2D eigenvalue weighted by Crippen LogP contribution is -2.14. The second-order valence-electron chi connectivity index (χ2n) is 16.0. The SMILES string of the molecule is BrCCCCBr.COc1ccc2cc([C@H](C)C(=O)O)ccc2c1.COc1ccc2cc([C@H](C)C(=O)OCCCCBr)ccc2c1.COc1ccc2cc([C@H](C)C(=O)OCCCCO[N+](=O)[O-])ccc2c1. The number of benzene rings is 6. The average molecular weight is 1160 g/mol. The van der Waals surface area contributed by atoms with E-state index in [-0.39, 0.29) is 37.0 Å². The van der Waals surface area contributed by atoms with Crippen molar-refractivity contribution in [3.05, 3.63) is 136 Å². The molecule has 16 heteroatoms. The number of hydrogen-bond acceptors (Lipinski definition) is 11. The Morgan fingerprint density at radius 2 is 0.786 bits per heavy atom. The van der Waals surface area contributed by atoms with Gasteiger partial charge in [0.2, 0.25) is 0 Å². The molecule has 0 saturated carbocycles. The number of methoxy groups -OCH3 is 3. The predicted octanol–water partition coefficient (Wildman–Crippen LogP) is 13.7. The maximum atomic E-state index is 12.1. The van der Waals surface area contributed by atoms with Crippen molar-refractivity contribution in [3.63, 3.8) is 0 Å². The molecule has 0 heterocycles. The van der Waals surface area contributed by atoms with E-state index in [0.29, 0.717) is 19.4 Å². The molecule has 3 atom stereocenters. The van der Waals surface area contributed by atoms with E-state index < -0.39 is 17.0 Å². The number of rotatable bonds is 22. The minimum Gasteiger partial charge on any atom is -0.497 e. The highest BCUT2D eigenvalue weighted by atomic mass is 79.9. The van der Waals surface area contributed by atoms with Gasteiger partial charge in [-0.15, -0.1) is 10.1 Å². The number of carbonyl (C=O) groups is 3. The number of alkyl halides is 3. The van der Waals surface area contributed by atoms with Crippen molar-refractivity contribution in [2.75, 3.05) is 57.1 Å². The summed E-state index contributed by atoms with van der Waals surface area (Å²) in [5.41, 5.74) is 2.66. The van der Waals surface area contributed by atoms with Crippen LogP contribution in [0.2, 0.25) is 0 Å². The first-order chi connectivity index (χ1) is 33.7. The molecule has 0 aromatic heterocycles. The molecular weight excluding hydrogens is 1090 g/mol. The predicted molar refractivity (Wildman–Crippen MR) is 288 cm³/mol. The van der Waals surface area contributed by atoms with Crippen molar-refractivity contribution in [3.8, 4) is 17.2 Å². The number of carboxylic acid groups (broad SMARTS) is 1. The van der Waals surface area contributed by atoms with Gasteiger partial charge in [0, 0.05) is 16.0 Å². The van der Waals surface area contributed by atoms with Gasteiger partial charge >= 0.3 is 17.9 Å². The molecule has 0 spiro atoms. The van der Waals surface area contributed by atoms with Crippen LogP contribution in [0.4, 0.5) is 0 Å². The highest BCUT2D eigenvalue weighted by Gasteiger charge is 2.19. The van der Waals surface area contributed by atoms with Crippen molar-refractivity contribution in [1.82, 2.24) is 0 Å². The Morgan fingerprint density at radius 3 is 1.11 bits per heavy atom. The molecule has 70 heavy (non-hydrogen) atoms. The fourth-order valence-corrected chi connectivity index (χ4v) is 7.84. The minimum atomic E-state index is -0.830. The monoisotopic (exact) mass is 1160 g/mol. The molecule has 0 saturated heterocycles. The first-order valence-electron chi connectivity index (χ1n) is 22.9. The summed E-state index contributed by atoms with van der Waals surface area (Å²) in [5.74, 6) is 0.00616. The molecule has 0 aliphatic rings. The Labute approximate surface area is 436 Å². The van der Waals surface area contributed by atoms with Gasteiger partial charge in [0.05, 0.1) is 58.9 Å². The molecule has 6 aromatic carbocycles. The van der Waals surface area contributed by atoms with Crippen LogP contribution in [0.3, 0.4) is 0 Å². The molecule has 13 nitrogen and oxygen atoms in total. The summed E-state index contributed by atoms with van der Waals surface area (Å²) in [4.78, 5) is 49.3. The Morgan fingerprint density at radius 1 is 0.486 bits per heavy atom. The standard InChI is InChI=1S/C18H21BrO3.C18H21NO6.C14H14O3.C4H8Br2/c1-13(18(20)22-10-4-3-9-19)14-5-6-16-12-17(21-2)8-7-15(16)11-14;1-13(18(20)24-9-3-4-10-25-19(21)22)14-5-6-16-12-17(23-2)8-7-15(16)11-14;1-9(14(15)16)10-3-4-12-8-13(17-2)6-5-11(12)7-10;5-3-1-2-4-6/h5-8,11-13H,3-4,9-10H2,1-2H3;5-8,11-13H,3-4,9-10H2,1-2H3;3-9H,1-2H3,(H,15,16);1-4H2/t2*13-;9-;/m000./s1. The zero-order valence-electron chi connectivity index (χ0n) is 40.6. The maximum absolute atomic E-state index is 12.1. The second-order valence-corrected chi connectivity index (χ2v) is 18.4. The Bertz CT molecular complexity index is 2570. The van der Waals surface area contributed by atoms with E-state index in [1.807, 2.05) is 116 Å². The molecule has 0 aliphatic carbocycles. The fraction of sp³-hybridized carbons (Fsp3) is 0.389. The van der Waals surface area contributed by atoms with Gasteiger partial charge in [0.1, 0.15) is 17.2 Å². The zero-order chi connectivity index (χ0) is 51.4. The summed E-state index contributed by atoms with van der Waals surface area (Å²) in [6.45, 7) is 6.08. The summed E-state index contributed by atoms with van der Waals surface area (Å²) >= 11 is 10.0. The van der Waals surface area contributed by atoms with E-state index in [1.54, 1.807) is 35.2 Å². The number of carboxylic acids is 1. The minimum absolute atomic E-state index is 0.00818. The normalized spacial score (nSPS) is 11.8.